The van der Waals surface area contributed by atoms with Crippen molar-refractivity contribution in [3.63, 3.8) is 0 Å². The molecule has 4 rings (SSSR count). The average Bonchev–Trinajstić information content (AvgIpc) is 3.25. The van der Waals surface area contributed by atoms with Gasteiger partial charge in [0.05, 0.1) is 36.5 Å². The van der Waals surface area contributed by atoms with Crippen molar-refractivity contribution in [1.82, 2.24) is 4.98 Å². The van der Waals surface area contributed by atoms with Gasteiger partial charge in [0.1, 0.15) is 0 Å². The second-order valence-corrected chi connectivity index (χ2v) is 8.64. The molecular weight excluding hydrogens is 428 g/mol. The van der Waals surface area contributed by atoms with Crippen molar-refractivity contribution in [2.45, 2.75) is 11.4 Å². The average molecular weight is 451 g/mol. The van der Waals surface area contributed by atoms with Crippen molar-refractivity contribution in [3.05, 3.63) is 77.9 Å². The first kappa shape index (κ1) is 21.2. The van der Waals surface area contributed by atoms with E-state index in [1.165, 1.54) is 18.4 Å². The number of aromatic nitrogens is 1. The van der Waals surface area contributed by atoms with Gasteiger partial charge in [-0.1, -0.05) is 47.7 Å². The molecule has 1 heterocycles. The van der Waals surface area contributed by atoms with Crippen LogP contribution in [0.15, 0.2) is 71.6 Å². The van der Waals surface area contributed by atoms with Crippen LogP contribution in [0.3, 0.4) is 0 Å². The number of benzene rings is 3. The summed E-state index contributed by atoms with van der Waals surface area (Å²) in [5, 5.41) is 0.645. The van der Waals surface area contributed by atoms with Gasteiger partial charge in [-0.2, -0.15) is 0 Å². The molecule has 31 heavy (non-hydrogen) atoms. The zero-order valence-electron chi connectivity index (χ0n) is 17.5. The van der Waals surface area contributed by atoms with Gasteiger partial charge in [0.2, 0.25) is 0 Å². The number of rotatable bonds is 7. The molecule has 0 saturated carbocycles. The minimum absolute atomic E-state index is 0.191. The van der Waals surface area contributed by atoms with Gasteiger partial charge in [-0.15, -0.1) is 11.8 Å². The van der Waals surface area contributed by atoms with Crippen molar-refractivity contribution in [2.24, 2.45) is 0 Å². The van der Waals surface area contributed by atoms with E-state index in [1.54, 1.807) is 42.0 Å². The van der Waals surface area contributed by atoms with E-state index < -0.39 is 0 Å². The highest BCUT2D eigenvalue weighted by molar-refractivity contribution is 7.98. The van der Waals surface area contributed by atoms with Gasteiger partial charge in [0.25, 0.3) is 5.91 Å². The lowest BCUT2D eigenvalue weighted by atomic mass is 10.1. The predicted octanol–water partition coefficient (Wildman–Crippen LogP) is 5.88. The fourth-order valence-electron chi connectivity index (χ4n) is 3.33. The molecule has 0 saturated heterocycles. The molecule has 0 spiro atoms. The highest BCUT2D eigenvalue weighted by atomic mass is 32.2. The molecule has 0 aliphatic rings. The van der Waals surface area contributed by atoms with Crippen LogP contribution >= 0.6 is 23.1 Å². The number of carbonyl (C=O) groups is 1. The second kappa shape index (κ2) is 9.41. The number of thiazole rings is 1. The molecule has 0 bridgehead atoms. The summed E-state index contributed by atoms with van der Waals surface area (Å²) in [5.41, 5.74) is 2.32. The molecule has 158 valence electrons. The van der Waals surface area contributed by atoms with Crippen LogP contribution in [0.5, 0.6) is 11.5 Å². The van der Waals surface area contributed by atoms with Crippen LogP contribution in [0.4, 0.5) is 5.13 Å². The molecule has 0 atom stereocenters. The number of nitrogens with zero attached hydrogens (tertiary/aromatic N) is 2. The largest absolute Gasteiger partial charge is 0.493 e. The van der Waals surface area contributed by atoms with Gasteiger partial charge >= 0.3 is 0 Å². The van der Waals surface area contributed by atoms with E-state index in [9.17, 15) is 4.79 Å². The van der Waals surface area contributed by atoms with Crippen LogP contribution in [-0.2, 0) is 6.54 Å². The van der Waals surface area contributed by atoms with E-state index in [4.69, 9.17) is 14.5 Å². The number of thioether (sulfide) groups is 1. The van der Waals surface area contributed by atoms with Crippen molar-refractivity contribution in [2.75, 3.05) is 25.4 Å². The maximum Gasteiger partial charge on any atom is 0.264 e. The number of para-hydroxylation sites is 1. The number of methoxy groups -OCH3 is 2. The van der Waals surface area contributed by atoms with Gasteiger partial charge in [-0.05, 0) is 42.2 Å². The van der Waals surface area contributed by atoms with E-state index in [-0.39, 0.29) is 5.91 Å². The van der Waals surface area contributed by atoms with Gasteiger partial charge < -0.3 is 9.47 Å². The molecule has 1 amide bonds. The van der Waals surface area contributed by atoms with Gasteiger partial charge in [0.15, 0.2) is 16.6 Å². The Morgan fingerprint density at radius 1 is 1.03 bits per heavy atom. The van der Waals surface area contributed by atoms with Crippen molar-refractivity contribution < 1.29 is 14.3 Å². The summed E-state index contributed by atoms with van der Waals surface area (Å²) in [7, 11) is 3.10. The maximum absolute atomic E-state index is 13.8. The van der Waals surface area contributed by atoms with Crippen molar-refractivity contribution in [1.29, 1.82) is 0 Å². The Kier molecular flexibility index (Phi) is 6.44. The van der Waals surface area contributed by atoms with Crippen LogP contribution in [-0.4, -0.2) is 31.4 Å². The zero-order chi connectivity index (χ0) is 21.8. The second-order valence-electron chi connectivity index (χ2n) is 6.75. The van der Waals surface area contributed by atoms with Crippen LogP contribution in [0.2, 0.25) is 0 Å². The van der Waals surface area contributed by atoms with Gasteiger partial charge in [-0.25, -0.2) is 4.98 Å². The number of hydrogen-bond donors (Lipinski definition) is 0. The number of hydrogen-bond acceptors (Lipinski definition) is 6. The van der Waals surface area contributed by atoms with E-state index in [1.807, 2.05) is 48.7 Å². The highest BCUT2D eigenvalue weighted by Crippen LogP contribution is 2.36. The van der Waals surface area contributed by atoms with Gasteiger partial charge in [0, 0.05) is 4.90 Å². The Labute approximate surface area is 189 Å². The maximum atomic E-state index is 13.8. The summed E-state index contributed by atoms with van der Waals surface area (Å²) in [6, 6.07) is 21.4. The number of carbonyl (C=O) groups excluding carboxylic acids is 1. The summed E-state index contributed by atoms with van der Waals surface area (Å²) >= 11 is 3.19. The lowest BCUT2D eigenvalue weighted by molar-refractivity contribution is 0.0981. The first-order chi connectivity index (χ1) is 15.1. The fraction of sp³-hybridized carbons (Fsp3) is 0.167. The first-order valence-corrected chi connectivity index (χ1v) is 11.7. The Morgan fingerprint density at radius 3 is 2.55 bits per heavy atom. The van der Waals surface area contributed by atoms with Crippen LogP contribution in [0, 0.1) is 0 Å². The number of anilines is 1. The molecule has 7 heteroatoms. The van der Waals surface area contributed by atoms with E-state index in [2.05, 4.69) is 6.07 Å². The van der Waals surface area contributed by atoms with E-state index in [0.717, 1.165) is 20.7 Å². The first-order valence-electron chi connectivity index (χ1n) is 9.66. The van der Waals surface area contributed by atoms with Gasteiger partial charge in [-0.3, -0.25) is 9.69 Å². The topological polar surface area (TPSA) is 51.7 Å². The van der Waals surface area contributed by atoms with E-state index in [0.29, 0.717) is 28.7 Å². The molecule has 0 unspecified atom stereocenters. The molecule has 3 aromatic carbocycles. The molecule has 0 N–H and O–H groups in total. The Bertz CT molecular complexity index is 1210. The Balaban J connectivity index is 1.81. The molecule has 0 aliphatic carbocycles. The Hall–Kier alpha value is -3.03. The fourth-order valence-corrected chi connectivity index (χ4v) is 4.85. The van der Waals surface area contributed by atoms with E-state index >= 15 is 0 Å². The van der Waals surface area contributed by atoms with Crippen molar-refractivity contribution >= 4 is 44.4 Å². The third-order valence-electron chi connectivity index (χ3n) is 4.88. The molecule has 0 fully saturated rings. The summed E-state index contributed by atoms with van der Waals surface area (Å²) < 4.78 is 12.0. The zero-order valence-corrected chi connectivity index (χ0v) is 19.1. The lowest BCUT2D eigenvalue weighted by Crippen LogP contribution is -2.30. The molecule has 4 aromatic rings. The Morgan fingerprint density at radius 2 is 1.84 bits per heavy atom. The normalized spacial score (nSPS) is 10.8. The molecule has 0 aliphatic heterocycles. The van der Waals surface area contributed by atoms with Crippen LogP contribution in [0.25, 0.3) is 10.2 Å². The third kappa shape index (κ3) is 4.38. The van der Waals surface area contributed by atoms with Crippen molar-refractivity contribution in [3.8, 4) is 11.5 Å². The SMILES string of the molecule is COc1cccc(C(=O)N(Cc2ccccc2)c2nc3ccc(SC)cc3s2)c1OC. The third-order valence-corrected chi connectivity index (χ3v) is 6.64. The monoisotopic (exact) mass is 450 g/mol. The lowest BCUT2D eigenvalue weighted by Gasteiger charge is -2.22. The quantitative estimate of drug-likeness (QED) is 0.329. The predicted molar refractivity (Wildman–Crippen MR) is 128 cm³/mol. The molecule has 5 nitrogen and oxygen atoms in total. The van der Waals surface area contributed by atoms with Crippen LogP contribution in [0.1, 0.15) is 15.9 Å². The summed E-state index contributed by atoms with van der Waals surface area (Å²) in [5.74, 6) is 0.740. The molecule has 1 aromatic heterocycles. The summed E-state index contributed by atoms with van der Waals surface area (Å²) in [6.07, 6.45) is 2.05. The number of fused-ring (bicyclic) bond motifs is 1. The molecular formula is C24H22N2O3S2. The molecule has 0 radical (unpaired) electrons. The van der Waals surface area contributed by atoms with Crippen LogP contribution < -0.4 is 14.4 Å². The summed E-state index contributed by atoms with van der Waals surface area (Å²) in [4.78, 5) is 21.4. The minimum atomic E-state index is -0.191. The standard InChI is InChI=1S/C24H22N2O3S2/c1-28-20-11-7-10-18(22(20)29-2)23(27)26(15-16-8-5-4-6-9-16)24-25-19-13-12-17(30-3)14-21(19)31-24/h4-14H,15H2,1-3H3. The summed E-state index contributed by atoms with van der Waals surface area (Å²) in [6.45, 7) is 0.398. The number of amides is 1. The minimum Gasteiger partial charge on any atom is -0.493 e. The highest BCUT2D eigenvalue weighted by Gasteiger charge is 2.26. The smallest absolute Gasteiger partial charge is 0.264 e. The number of ether oxygens (including phenoxy) is 2.